The van der Waals surface area contributed by atoms with Crippen molar-refractivity contribution < 1.29 is 9.18 Å². The normalized spacial score (nSPS) is 18.0. The van der Waals surface area contributed by atoms with E-state index in [1.807, 2.05) is 24.3 Å². The van der Waals surface area contributed by atoms with Crippen LogP contribution in [0, 0.1) is 5.82 Å². The fourth-order valence-electron chi connectivity index (χ4n) is 4.29. The second-order valence-corrected chi connectivity index (χ2v) is 8.15. The third kappa shape index (κ3) is 3.43. The predicted octanol–water partition coefficient (Wildman–Crippen LogP) is 4.94. The minimum atomic E-state index is -0.588. The smallest absolute Gasteiger partial charge is 0.235 e. The van der Waals surface area contributed by atoms with Gasteiger partial charge in [-0.3, -0.25) is 9.89 Å². The van der Waals surface area contributed by atoms with E-state index in [1.165, 1.54) is 25.0 Å². The summed E-state index contributed by atoms with van der Waals surface area (Å²) in [6.07, 6.45) is 5.91. The molecule has 0 saturated heterocycles. The molecule has 148 valence electrons. The van der Waals surface area contributed by atoms with Crippen molar-refractivity contribution in [2.24, 2.45) is 0 Å². The van der Waals surface area contributed by atoms with Gasteiger partial charge < -0.3 is 5.32 Å². The molecule has 1 amide bonds. The van der Waals surface area contributed by atoms with Gasteiger partial charge in [-0.25, -0.2) is 9.37 Å². The van der Waals surface area contributed by atoms with Gasteiger partial charge >= 0.3 is 0 Å². The Balaban J connectivity index is 1.34. The molecule has 5 rings (SSSR count). The van der Waals surface area contributed by atoms with Gasteiger partial charge in [0.1, 0.15) is 11.6 Å². The van der Waals surface area contributed by atoms with Gasteiger partial charge in [0.05, 0.1) is 5.41 Å². The molecule has 2 fully saturated rings. The number of carbonyl (C=O) groups excluding carboxylic acids is 1. The standard InChI is InChI=1S/C23H23FN4O/c24-18-9-7-17(8-10-18)23(13-1-2-14-23)22(29)25-19-11-5-16(6-12-19)21-26-20(27-28-21)15-3-4-15/h5-12,15H,1-4,13-14H2,(H,25,29)(H,26,27,28). The van der Waals surface area contributed by atoms with E-state index >= 15 is 0 Å². The first-order valence-corrected chi connectivity index (χ1v) is 10.2. The highest BCUT2D eigenvalue weighted by molar-refractivity contribution is 5.99. The van der Waals surface area contributed by atoms with Crippen LogP contribution in [0.15, 0.2) is 48.5 Å². The maximum atomic E-state index is 13.4. The molecule has 0 radical (unpaired) electrons. The second-order valence-electron chi connectivity index (χ2n) is 8.15. The molecule has 1 heterocycles. The molecule has 6 heteroatoms. The van der Waals surface area contributed by atoms with E-state index in [9.17, 15) is 9.18 Å². The van der Waals surface area contributed by atoms with Crippen molar-refractivity contribution in [1.29, 1.82) is 0 Å². The lowest BCUT2D eigenvalue weighted by Crippen LogP contribution is -2.38. The molecule has 2 aromatic carbocycles. The van der Waals surface area contributed by atoms with Gasteiger partial charge in [0.25, 0.3) is 0 Å². The highest BCUT2D eigenvalue weighted by Gasteiger charge is 2.42. The summed E-state index contributed by atoms with van der Waals surface area (Å²) in [6.45, 7) is 0. The summed E-state index contributed by atoms with van der Waals surface area (Å²) in [5.74, 6) is 1.87. The van der Waals surface area contributed by atoms with Crippen LogP contribution in [-0.2, 0) is 10.2 Å². The Labute approximate surface area is 168 Å². The molecule has 5 nitrogen and oxygen atoms in total. The zero-order valence-electron chi connectivity index (χ0n) is 16.1. The lowest BCUT2D eigenvalue weighted by molar-refractivity contribution is -0.121. The lowest BCUT2D eigenvalue weighted by Gasteiger charge is -2.28. The Morgan fingerprint density at radius 1 is 1.03 bits per heavy atom. The van der Waals surface area contributed by atoms with Gasteiger partial charge in [0, 0.05) is 17.2 Å². The van der Waals surface area contributed by atoms with Crippen molar-refractivity contribution in [3.8, 4) is 11.4 Å². The number of anilines is 1. The molecule has 0 bridgehead atoms. The average molecular weight is 390 g/mol. The van der Waals surface area contributed by atoms with E-state index in [1.54, 1.807) is 12.1 Å². The highest BCUT2D eigenvalue weighted by atomic mass is 19.1. The fraction of sp³-hybridized carbons (Fsp3) is 0.348. The summed E-state index contributed by atoms with van der Waals surface area (Å²) in [5, 5.41) is 10.4. The van der Waals surface area contributed by atoms with Crippen LogP contribution in [0.2, 0.25) is 0 Å². The third-order valence-electron chi connectivity index (χ3n) is 6.16. The van der Waals surface area contributed by atoms with Crippen molar-refractivity contribution >= 4 is 11.6 Å². The van der Waals surface area contributed by atoms with Crippen LogP contribution in [0.1, 0.15) is 55.8 Å². The maximum Gasteiger partial charge on any atom is 0.235 e. The average Bonchev–Trinajstić information content (AvgIpc) is 3.26. The summed E-state index contributed by atoms with van der Waals surface area (Å²) in [4.78, 5) is 17.8. The number of carbonyl (C=O) groups is 1. The number of H-pyrrole nitrogens is 1. The Morgan fingerprint density at radius 2 is 1.72 bits per heavy atom. The van der Waals surface area contributed by atoms with E-state index < -0.39 is 5.41 Å². The van der Waals surface area contributed by atoms with E-state index in [4.69, 9.17) is 0 Å². The zero-order chi connectivity index (χ0) is 19.8. The maximum absolute atomic E-state index is 13.4. The van der Waals surface area contributed by atoms with E-state index in [0.29, 0.717) is 11.7 Å². The minimum Gasteiger partial charge on any atom is -0.325 e. The number of hydrogen-bond donors (Lipinski definition) is 2. The first-order valence-electron chi connectivity index (χ1n) is 10.2. The van der Waals surface area contributed by atoms with Crippen LogP contribution < -0.4 is 5.32 Å². The number of nitrogens with zero attached hydrogens (tertiary/aromatic N) is 2. The monoisotopic (exact) mass is 390 g/mol. The number of nitrogens with one attached hydrogen (secondary N) is 2. The lowest BCUT2D eigenvalue weighted by atomic mass is 9.78. The van der Waals surface area contributed by atoms with Crippen LogP contribution in [0.25, 0.3) is 11.4 Å². The van der Waals surface area contributed by atoms with E-state index in [0.717, 1.165) is 48.3 Å². The van der Waals surface area contributed by atoms with Gasteiger partial charge in [-0.2, -0.15) is 5.10 Å². The van der Waals surface area contributed by atoms with Crippen LogP contribution in [-0.4, -0.2) is 21.1 Å². The van der Waals surface area contributed by atoms with Gasteiger partial charge in [-0.1, -0.05) is 25.0 Å². The van der Waals surface area contributed by atoms with Crippen LogP contribution in [0.4, 0.5) is 10.1 Å². The molecular weight excluding hydrogens is 367 g/mol. The molecule has 2 N–H and O–H groups in total. The fourth-order valence-corrected chi connectivity index (χ4v) is 4.29. The summed E-state index contributed by atoms with van der Waals surface area (Å²) in [7, 11) is 0. The van der Waals surface area contributed by atoms with Crippen molar-refractivity contribution in [1.82, 2.24) is 15.2 Å². The molecule has 29 heavy (non-hydrogen) atoms. The highest BCUT2D eigenvalue weighted by Crippen LogP contribution is 2.42. The predicted molar refractivity (Wildman–Crippen MR) is 109 cm³/mol. The molecule has 3 aromatic rings. The van der Waals surface area contributed by atoms with Crippen molar-refractivity contribution in [2.45, 2.75) is 49.9 Å². The van der Waals surface area contributed by atoms with Gasteiger partial charge in [0.15, 0.2) is 5.82 Å². The molecule has 2 saturated carbocycles. The molecule has 1 aromatic heterocycles. The Hall–Kier alpha value is -3.02. The number of rotatable bonds is 5. The van der Waals surface area contributed by atoms with Crippen molar-refractivity contribution in [3.05, 3.63) is 65.7 Å². The Morgan fingerprint density at radius 3 is 2.38 bits per heavy atom. The number of hydrogen-bond acceptors (Lipinski definition) is 3. The summed E-state index contributed by atoms with van der Waals surface area (Å²) in [6, 6.07) is 14.0. The minimum absolute atomic E-state index is 0.0247. The van der Waals surface area contributed by atoms with E-state index in [2.05, 4.69) is 20.5 Å². The Kier molecular flexibility index (Phi) is 4.42. The third-order valence-corrected chi connectivity index (χ3v) is 6.16. The molecule has 0 unspecified atom stereocenters. The van der Waals surface area contributed by atoms with E-state index in [-0.39, 0.29) is 11.7 Å². The molecule has 0 atom stereocenters. The van der Waals surface area contributed by atoms with Crippen LogP contribution in [0.3, 0.4) is 0 Å². The number of aromatic nitrogens is 3. The van der Waals surface area contributed by atoms with Crippen LogP contribution >= 0.6 is 0 Å². The number of amides is 1. The quantitative estimate of drug-likeness (QED) is 0.648. The molecular formula is C23H23FN4O. The molecule has 2 aliphatic rings. The largest absolute Gasteiger partial charge is 0.325 e. The number of benzene rings is 2. The first kappa shape index (κ1) is 18.0. The number of halogens is 1. The van der Waals surface area contributed by atoms with Gasteiger partial charge in [-0.15, -0.1) is 0 Å². The zero-order valence-corrected chi connectivity index (χ0v) is 16.1. The summed E-state index contributed by atoms with van der Waals surface area (Å²) in [5.41, 5.74) is 1.96. The molecule has 0 aliphatic heterocycles. The van der Waals surface area contributed by atoms with Gasteiger partial charge in [0.2, 0.25) is 5.91 Å². The second kappa shape index (κ2) is 7.10. The molecule has 0 spiro atoms. The van der Waals surface area contributed by atoms with Crippen molar-refractivity contribution in [3.63, 3.8) is 0 Å². The SMILES string of the molecule is O=C(Nc1ccc(-c2n[nH]c(C3CC3)n2)cc1)C1(c2ccc(F)cc2)CCCC1. The summed E-state index contributed by atoms with van der Waals surface area (Å²) >= 11 is 0. The first-order chi connectivity index (χ1) is 14.1. The Bertz CT molecular complexity index is 1020. The topological polar surface area (TPSA) is 70.7 Å². The van der Waals surface area contributed by atoms with Gasteiger partial charge in [-0.05, 0) is 67.6 Å². The van der Waals surface area contributed by atoms with Crippen molar-refractivity contribution in [2.75, 3.05) is 5.32 Å². The number of aromatic amines is 1. The molecule has 2 aliphatic carbocycles. The van der Waals surface area contributed by atoms with Crippen LogP contribution in [0.5, 0.6) is 0 Å². The summed E-state index contributed by atoms with van der Waals surface area (Å²) < 4.78 is 13.4.